The molecule has 2 aromatic carbocycles. The SMILES string of the molecule is CC(c1cccc(C#N)c1)c1c(O)c2ccccc2oc1=O. The quantitative estimate of drug-likeness (QED) is 0.733. The first-order chi connectivity index (χ1) is 10.6. The van der Waals surface area contributed by atoms with Crippen LogP contribution < -0.4 is 5.63 Å². The number of hydrogen-bond donors (Lipinski definition) is 1. The molecule has 0 fully saturated rings. The summed E-state index contributed by atoms with van der Waals surface area (Å²) in [5.41, 5.74) is 1.28. The molecule has 108 valence electrons. The molecule has 1 heterocycles. The number of aromatic hydroxyl groups is 1. The highest BCUT2D eigenvalue weighted by atomic mass is 16.4. The maximum absolute atomic E-state index is 12.2. The average molecular weight is 291 g/mol. The molecule has 1 atom stereocenters. The number of rotatable bonds is 2. The van der Waals surface area contributed by atoms with E-state index in [-0.39, 0.29) is 17.2 Å². The van der Waals surface area contributed by atoms with Crippen molar-refractivity contribution in [2.45, 2.75) is 12.8 Å². The van der Waals surface area contributed by atoms with E-state index in [2.05, 4.69) is 6.07 Å². The molecule has 4 nitrogen and oxygen atoms in total. The highest BCUT2D eigenvalue weighted by molar-refractivity contribution is 5.84. The van der Waals surface area contributed by atoms with E-state index >= 15 is 0 Å². The maximum atomic E-state index is 12.2. The Morgan fingerprint density at radius 3 is 2.73 bits per heavy atom. The van der Waals surface area contributed by atoms with Gasteiger partial charge in [0.05, 0.1) is 22.6 Å². The number of nitriles is 1. The van der Waals surface area contributed by atoms with Crippen molar-refractivity contribution in [2.75, 3.05) is 0 Å². The fourth-order valence-electron chi connectivity index (χ4n) is 2.57. The van der Waals surface area contributed by atoms with Crippen LogP contribution in [0, 0.1) is 11.3 Å². The van der Waals surface area contributed by atoms with Crippen LogP contribution >= 0.6 is 0 Å². The van der Waals surface area contributed by atoms with Crippen LogP contribution in [0.25, 0.3) is 11.0 Å². The van der Waals surface area contributed by atoms with Gasteiger partial charge in [0.1, 0.15) is 11.3 Å². The molecule has 1 N–H and O–H groups in total. The largest absolute Gasteiger partial charge is 0.507 e. The van der Waals surface area contributed by atoms with Crippen molar-refractivity contribution < 1.29 is 9.52 Å². The van der Waals surface area contributed by atoms with Crippen molar-refractivity contribution >= 4 is 11.0 Å². The molecule has 0 aliphatic rings. The van der Waals surface area contributed by atoms with Gasteiger partial charge in [-0.05, 0) is 29.8 Å². The lowest BCUT2D eigenvalue weighted by atomic mass is 9.92. The highest BCUT2D eigenvalue weighted by Crippen LogP contribution is 2.33. The number of para-hydroxylation sites is 1. The molecule has 0 amide bonds. The first kappa shape index (κ1) is 13.9. The fourth-order valence-corrected chi connectivity index (χ4v) is 2.57. The third-order valence-corrected chi connectivity index (χ3v) is 3.77. The van der Waals surface area contributed by atoms with E-state index in [9.17, 15) is 9.90 Å². The van der Waals surface area contributed by atoms with Crippen LogP contribution in [-0.4, -0.2) is 5.11 Å². The summed E-state index contributed by atoms with van der Waals surface area (Å²) in [5.74, 6) is -0.448. The molecule has 0 saturated carbocycles. The van der Waals surface area contributed by atoms with Crippen LogP contribution in [0.5, 0.6) is 5.75 Å². The lowest BCUT2D eigenvalue weighted by molar-refractivity contribution is 0.453. The number of benzene rings is 2. The Bertz CT molecular complexity index is 950. The second-order valence-corrected chi connectivity index (χ2v) is 5.11. The third-order valence-electron chi connectivity index (χ3n) is 3.77. The molecule has 3 rings (SSSR count). The Morgan fingerprint density at radius 2 is 1.95 bits per heavy atom. The summed E-state index contributed by atoms with van der Waals surface area (Å²) >= 11 is 0. The van der Waals surface area contributed by atoms with Crippen molar-refractivity contribution in [3.05, 3.63) is 75.6 Å². The molecular formula is C18H13NO3. The normalized spacial score (nSPS) is 12.0. The van der Waals surface area contributed by atoms with Crippen LogP contribution in [0.1, 0.15) is 29.5 Å². The number of hydrogen-bond acceptors (Lipinski definition) is 4. The van der Waals surface area contributed by atoms with Crippen LogP contribution in [0.3, 0.4) is 0 Å². The van der Waals surface area contributed by atoms with E-state index in [1.165, 1.54) is 0 Å². The minimum atomic E-state index is -0.564. The van der Waals surface area contributed by atoms with Gasteiger partial charge in [-0.1, -0.05) is 31.2 Å². The molecule has 0 spiro atoms. The van der Waals surface area contributed by atoms with Gasteiger partial charge in [-0.2, -0.15) is 5.26 Å². The van der Waals surface area contributed by atoms with Crippen molar-refractivity contribution in [2.24, 2.45) is 0 Å². The zero-order valence-corrected chi connectivity index (χ0v) is 11.9. The summed E-state index contributed by atoms with van der Waals surface area (Å²) in [7, 11) is 0. The zero-order valence-electron chi connectivity index (χ0n) is 11.9. The summed E-state index contributed by atoms with van der Waals surface area (Å²) < 4.78 is 5.29. The molecule has 22 heavy (non-hydrogen) atoms. The van der Waals surface area contributed by atoms with E-state index in [0.717, 1.165) is 5.56 Å². The van der Waals surface area contributed by atoms with Gasteiger partial charge in [-0.3, -0.25) is 0 Å². The number of nitrogens with zero attached hydrogens (tertiary/aromatic N) is 1. The molecule has 1 aromatic heterocycles. The Labute approximate surface area is 126 Å². The van der Waals surface area contributed by atoms with Gasteiger partial charge >= 0.3 is 5.63 Å². The molecular weight excluding hydrogens is 278 g/mol. The molecule has 0 saturated heterocycles. The molecule has 4 heteroatoms. The second kappa shape index (κ2) is 5.38. The topological polar surface area (TPSA) is 74.2 Å². The van der Waals surface area contributed by atoms with Crippen LogP contribution in [0.2, 0.25) is 0 Å². The molecule has 0 aliphatic heterocycles. The fraction of sp³-hybridized carbons (Fsp3) is 0.111. The Hall–Kier alpha value is -3.06. The monoisotopic (exact) mass is 291 g/mol. The molecule has 3 aromatic rings. The zero-order chi connectivity index (χ0) is 15.7. The van der Waals surface area contributed by atoms with Gasteiger partial charge < -0.3 is 9.52 Å². The smallest absolute Gasteiger partial charge is 0.343 e. The van der Waals surface area contributed by atoms with Crippen LogP contribution in [-0.2, 0) is 0 Å². The van der Waals surface area contributed by atoms with Crippen molar-refractivity contribution in [1.29, 1.82) is 5.26 Å². The van der Waals surface area contributed by atoms with Gasteiger partial charge in [0, 0.05) is 5.92 Å². The lowest BCUT2D eigenvalue weighted by Crippen LogP contribution is -2.12. The standard InChI is InChI=1S/C18H13NO3/c1-11(13-6-4-5-12(9-13)10-19)16-17(20)14-7-2-3-8-15(14)22-18(16)21/h2-9,11,20H,1H3. The van der Waals surface area contributed by atoms with Gasteiger partial charge in [-0.25, -0.2) is 4.79 Å². The van der Waals surface area contributed by atoms with Crippen LogP contribution in [0.4, 0.5) is 0 Å². The van der Waals surface area contributed by atoms with Crippen molar-refractivity contribution in [1.82, 2.24) is 0 Å². The van der Waals surface area contributed by atoms with Gasteiger partial charge in [-0.15, -0.1) is 0 Å². The summed E-state index contributed by atoms with van der Waals surface area (Å²) in [6.07, 6.45) is 0. The highest BCUT2D eigenvalue weighted by Gasteiger charge is 2.21. The number of fused-ring (bicyclic) bond motifs is 1. The van der Waals surface area contributed by atoms with Crippen LogP contribution in [0.15, 0.2) is 57.7 Å². The second-order valence-electron chi connectivity index (χ2n) is 5.11. The van der Waals surface area contributed by atoms with E-state index in [1.54, 1.807) is 49.4 Å². The predicted octanol–water partition coefficient (Wildman–Crippen LogP) is 3.52. The first-order valence-corrected chi connectivity index (χ1v) is 6.86. The van der Waals surface area contributed by atoms with Gasteiger partial charge in [0.15, 0.2) is 0 Å². The minimum Gasteiger partial charge on any atom is -0.507 e. The Kier molecular flexibility index (Phi) is 3.40. The Balaban J connectivity index is 2.21. The Morgan fingerprint density at radius 1 is 1.18 bits per heavy atom. The van der Waals surface area contributed by atoms with Crippen molar-refractivity contribution in [3.8, 4) is 11.8 Å². The summed E-state index contributed by atoms with van der Waals surface area (Å²) in [6, 6.07) is 15.9. The molecule has 1 unspecified atom stereocenters. The lowest BCUT2D eigenvalue weighted by Gasteiger charge is -2.14. The molecule has 0 bridgehead atoms. The van der Waals surface area contributed by atoms with Gasteiger partial charge in [0.2, 0.25) is 0 Å². The summed E-state index contributed by atoms with van der Waals surface area (Å²) in [5, 5.41) is 19.9. The first-order valence-electron chi connectivity index (χ1n) is 6.86. The van der Waals surface area contributed by atoms with Gasteiger partial charge in [0.25, 0.3) is 0 Å². The third kappa shape index (κ3) is 2.23. The van der Waals surface area contributed by atoms with Crippen molar-refractivity contribution in [3.63, 3.8) is 0 Å². The predicted molar refractivity (Wildman–Crippen MR) is 82.8 cm³/mol. The maximum Gasteiger partial charge on any atom is 0.343 e. The van der Waals surface area contributed by atoms with E-state index in [0.29, 0.717) is 16.5 Å². The summed E-state index contributed by atoms with van der Waals surface area (Å²) in [4.78, 5) is 12.2. The van der Waals surface area contributed by atoms with E-state index in [1.807, 2.05) is 6.07 Å². The van der Waals surface area contributed by atoms with E-state index in [4.69, 9.17) is 9.68 Å². The summed E-state index contributed by atoms with van der Waals surface area (Å²) in [6.45, 7) is 1.80. The average Bonchev–Trinajstić information content (AvgIpc) is 2.54. The van der Waals surface area contributed by atoms with E-state index < -0.39 is 5.63 Å². The molecule has 0 aliphatic carbocycles. The molecule has 0 radical (unpaired) electrons. The minimum absolute atomic E-state index is 0.0679.